The Morgan fingerprint density at radius 2 is 2.00 bits per heavy atom. The summed E-state index contributed by atoms with van der Waals surface area (Å²) < 4.78 is 7.36. The van der Waals surface area contributed by atoms with Crippen molar-refractivity contribution < 1.29 is 4.74 Å². The topological polar surface area (TPSA) is 52.8 Å². The summed E-state index contributed by atoms with van der Waals surface area (Å²) in [7, 11) is 1.67. The minimum Gasteiger partial charge on any atom is -0.497 e. The summed E-state index contributed by atoms with van der Waals surface area (Å²) in [6.45, 7) is 6.67. The molecule has 2 aromatic carbocycles. The molecule has 0 aliphatic rings. The number of ether oxygens (including phenoxy) is 1. The van der Waals surface area contributed by atoms with Crippen molar-refractivity contribution in [3.8, 4) is 16.3 Å². The molecule has 31 heavy (non-hydrogen) atoms. The fourth-order valence-electron chi connectivity index (χ4n) is 3.22. The third kappa shape index (κ3) is 5.24. The van der Waals surface area contributed by atoms with E-state index in [1.54, 1.807) is 30.2 Å². The predicted octanol–water partition coefficient (Wildman–Crippen LogP) is 5.79. The van der Waals surface area contributed by atoms with Gasteiger partial charge in [0.25, 0.3) is 0 Å². The third-order valence-electron chi connectivity index (χ3n) is 4.79. The molecule has 0 amide bonds. The first-order valence-corrected chi connectivity index (χ1v) is 11.8. The second-order valence-electron chi connectivity index (χ2n) is 7.13. The molecular weight excluding hydrogens is 424 g/mol. The fraction of sp³-hybridized carbons (Fsp3) is 0.208. The van der Waals surface area contributed by atoms with E-state index in [2.05, 4.69) is 70.0 Å². The first-order chi connectivity index (χ1) is 15.2. The molecule has 0 unspecified atom stereocenters. The van der Waals surface area contributed by atoms with E-state index in [0.717, 1.165) is 44.3 Å². The molecule has 0 saturated carbocycles. The number of hydrogen-bond donors (Lipinski definition) is 0. The van der Waals surface area contributed by atoms with Gasteiger partial charge < -0.3 is 9.30 Å². The fourth-order valence-corrected chi connectivity index (χ4v) is 5.00. The highest BCUT2D eigenvalue weighted by Crippen LogP contribution is 2.28. The SMILES string of the molecule is C=CCn1c(Cc2ccc(OC)cc2)nnc1SCc1csc(-c2cccc(C)c2)n1. The molecule has 0 bridgehead atoms. The van der Waals surface area contributed by atoms with E-state index in [1.165, 1.54) is 5.56 Å². The Balaban J connectivity index is 1.46. The smallest absolute Gasteiger partial charge is 0.191 e. The Labute approximate surface area is 190 Å². The second-order valence-corrected chi connectivity index (χ2v) is 8.93. The Morgan fingerprint density at radius 1 is 1.16 bits per heavy atom. The zero-order chi connectivity index (χ0) is 21.6. The summed E-state index contributed by atoms with van der Waals surface area (Å²) in [6, 6.07) is 16.5. The minimum atomic E-state index is 0.673. The highest BCUT2D eigenvalue weighted by molar-refractivity contribution is 7.98. The van der Waals surface area contributed by atoms with Gasteiger partial charge in [0.05, 0.1) is 12.8 Å². The molecule has 0 N–H and O–H groups in total. The van der Waals surface area contributed by atoms with Gasteiger partial charge in [-0.15, -0.1) is 28.1 Å². The van der Waals surface area contributed by atoms with Crippen LogP contribution in [0.3, 0.4) is 0 Å². The number of hydrogen-bond acceptors (Lipinski definition) is 6. The van der Waals surface area contributed by atoms with Gasteiger partial charge in [-0.05, 0) is 30.7 Å². The molecule has 7 heteroatoms. The Bertz CT molecular complexity index is 1160. The average Bonchev–Trinajstić information content (AvgIpc) is 3.41. The molecular formula is C24H24N4OS2. The summed E-state index contributed by atoms with van der Waals surface area (Å²) in [6.07, 6.45) is 2.59. The van der Waals surface area contributed by atoms with Crippen LogP contribution in [0.4, 0.5) is 0 Å². The summed E-state index contributed by atoms with van der Waals surface area (Å²) in [5.74, 6) is 2.52. The summed E-state index contributed by atoms with van der Waals surface area (Å²) >= 11 is 3.33. The Morgan fingerprint density at radius 3 is 2.74 bits per heavy atom. The van der Waals surface area contributed by atoms with E-state index < -0.39 is 0 Å². The lowest BCUT2D eigenvalue weighted by atomic mass is 10.1. The number of nitrogens with zero attached hydrogens (tertiary/aromatic N) is 4. The van der Waals surface area contributed by atoms with E-state index >= 15 is 0 Å². The summed E-state index contributed by atoms with van der Waals surface area (Å²) in [4.78, 5) is 4.81. The molecule has 4 aromatic rings. The molecule has 0 radical (unpaired) electrons. The highest BCUT2D eigenvalue weighted by Gasteiger charge is 2.14. The maximum Gasteiger partial charge on any atom is 0.191 e. The van der Waals surface area contributed by atoms with Gasteiger partial charge in [-0.1, -0.05) is 53.7 Å². The van der Waals surface area contributed by atoms with Gasteiger partial charge in [0.2, 0.25) is 0 Å². The number of thioether (sulfide) groups is 1. The molecule has 2 heterocycles. The number of aryl methyl sites for hydroxylation is 1. The molecule has 158 valence electrons. The Kier molecular flexibility index (Phi) is 6.84. The van der Waals surface area contributed by atoms with Gasteiger partial charge >= 0.3 is 0 Å². The molecule has 0 fully saturated rings. The number of benzene rings is 2. The lowest BCUT2D eigenvalue weighted by Gasteiger charge is -2.08. The summed E-state index contributed by atoms with van der Waals surface area (Å²) in [5, 5.41) is 12.9. The lowest BCUT2D eigenvalue weighted by molar-refractivity contribution is 0.414. The Hall–Kier alpha value is -2.90. The first-order valence-electron chi connectivity index (χ1n) is 9.96. The molecule has 0 spiro atoms. The van der Waals surface area contributed by atoms with Crippen LogP contribution in [-0.2, 0) is 18.7 Å². The third-order valence-corrected chi connectivity index (χ3v) is 6.73. The monoisotopic (exact) mass is 448 g/mol. The molecule has 5 nitrogen and oxygen atoms in total. The number of aromatic nitrogens is 4. The molecule has 4 rings (SSSR count). The van der Waals surface area contributed by atoms with Crippen molar-refractivity contribution >= 4 is 23.1 Å². The van der Waals surface area contributed by atoms with Crippen LogP contribution in [0.15, 0.2) is 71.7 Å². The van der Waals surface area contributed by atoms with E-state index in [9.17, 15) is 0 Å². The predicted molar refractivity (Wildman–Crippen MR) is 128 cm³/mol. The van der Waals surface area contributed by atoms with E-state index in [4.69, 9.17) is 9.72 Å². The van der Waals surface area contributed by atoms with Crippen molar-refractivity contribution in [3.05, 3.63) is 89.2 Å². The minimum absolute atomic E-state index is 0.673. The van der Waals surface area contributed by atoms with Crippen LogP contribution in [-0.4, -0.2) is 26.9 Å². The maximum absolute atomic E-state index is 5.24. The van der Waals surface area contributed by atoms with Crippen LogP contribution < -0.4 is 4.74 Å². The van der Waals surface area contributed by atoms with Crippen LogP contribution in [0.5, 0.6) is 5.75 Å². The van der Waals surface area contributed by atoms with Crippen LogP contribution in [0.25, 0.3) is 10.6 Å². The normalized spacial score (nSPS) is 10.9. The zero-order valence-electron chi connectivity index (χ0n) is 17.6. The van der Waals surface area contributed by atoms with E-state index in [0.29, 0.717) is 13.0 Å². The number of allylic oxidation sites excluding steroid dienone is 1. The van der Waals surface area contributed by atoms with Crippen molar-refractivity contribution in [1.82, 2.24) is 19.7 Å². The summed E-state index contributed by atoms with van der Waals surface area (Å²) in [5.41, 5.74) is 4.62. The van der Waals surface area contributed by atoms with Gasteiger partial charge in [0.1, 0.15) is 16.6 Å². The van der Waals surface area contributed by atoms with Gasteiger partial charge in [-0.3, -0.25) is 0 Å². The quantitative estimate of drug-likeness (QED) is 0.240. The van der Waals surface area contributed by atoms with Crippen molar-refractivity contribution in [3.63, 3.8) is 0 Å². The van der Waals surface area contributed by atoms with Gasteiger partial charge in [0, 0.05) is 29.7 Å². The average molecular weight is 449 g/mol. The number of thiazole rings is 1. The molecule has 0 aliphatic heterocycles. The highest BCUT2D eigenvalue weighted by atomic mass is 32.2. The van der Waals surface area contributed by atoms with Crippen molar-refractivity contribution in [2.24, 2.45) is 0 Å². The molecule has 0 saturated heterocycles. The van der Waals surface area contributed by atoms with Crippen LogP contribution >= 0.6 is 23.1 Å². The van der Waals surface area contributed by atoms with Gasteiger partial charge in [-0.25, -0.2) is 4.98 Å². The van der Waals surface area contributed by atoms with Gasteiger partial charge in [-0.2, -0.15) is 0 Å². The number of methoxy groups -OCH3 is 1. The number of rotatable bonds is 9. The van der Waals surface area contributed by atoms with E-state index in [-0.39, 0.29) is 0 Å². The van der Waals surface area contributed by atoms with E-state index in [1.807, 2.05) is 18.2 Å². The molecule has 2 aromatic heterocycles. The van der Waals surface area contributed by atoms with Crippen LogP contribution in [0.2, 0.25) is 0 Å². The molecule has 0 aliphatic carbocycles. The second kappa shape index (κ2) is 9.94. The zero-order valence-corrected chi connectivity index (χ0v) is 19.2. The van der Waals surface area contributed by atoms with Crippen LogP contribution in [0.1, 0.15) is 22.6 Å². The maximum atomic E-state index is 5.24. The van der Waals surface area contributed by atoms with Crippen LogP contribution in [0, 0.1) is 6.92 Å². The first kappa shape index (κ1) is 21.3. The standard InChI is InChI=1S/C24H24N4OS2/c1-4-12-28-22(14-18-8-10-21(29-3)11-9-18)26-27-24(28)31-16-20-15-30-23(25-20)19-7-5-6-17(2)13-19/h4-11,13,15H,1,12,14,16H2,2-3H3. The van der Waals surface area contributed by atoms with Gasteiger partial charge in [0.15, 0.2) is 5.16 Å². The van der Waals surface area contributed by atoms with Crippen molar-refractivity contribution in [1.29, 1.82) is 0 Å². The molecule has 0 atom stereocenters. The largest absolute Gasteiger partial charge is 0.497 e. The lowest BCUT2D eigenvalue weighted by Crippen LogP contribution is -2.05. The van der Waals surface area contributed by atoms with Crippen molar-refractivity contribution in [2.45, 2.75) is 30.8 Å². The van der Waals surface area contributed by atoms with Crippen molar-refractivity contribution in [2.75, 3.05) is 7.11 Å².